The van der Waals surface area contributed by atoms with E-state index in [2.05, 4.69) is 10.1 Å². The van der Waals surface area contributed by atoms with Gasteiger partial charge in [0, 0.05) is 0 Å². The molecule has 1 rings (SSSR count). The molecule has 0 aliphatic rings. The third kappa shape index (κ3) is 2.68. The molecule has 3 nitrogen and oxygen atoms in total. The van der Waals surface area contributed by atoms with E-state index in [9.17, 15) is 4.39 Å². The molecule has 0 radical (unpaired) electrons. The molecule has 1 N–H and O–H groups in total. The first-order chi connectivity index (χ1) is 6.65. The summed E-state index contributed by atoms with van der Waals surface area (Å²) in [5.41, 5.74) is 0.0220. The smallest absolute Gasteiger partial charge is 0.203 e. The molecule has 0 amide bonds. The topological polar surface area (TPSA) is 45.0 Å². The highest BCUT2D eigenvalue weighted by molar-refractivity contribution is 6.95. The van der Waals surface area contributed by atoms with Crippen LogP contribution in [0.1, 0.15) is 5.56 Å². The molecule has 0 spiro atoms. The molecule has 14 heavy (non-hydrogen) atoms. The molecule has 6 heteroatoms. The summed E-state index contributed by atoms with van der Waals surface area (Å²) < 4.78 is 12.8. The second kappa shape index (κ2) is 4.93. The molecule has 0 saturated carbocycles. The van der Waals surface area contributed by atoms with Crippen molar-refractivity contribution in [2.45, 2.75) is 0 Å². The number of hydrogen-bond donors (Lipinski definition) is 1. The van der Waals surface area contributed by atoms with Gasteiger partial charge in [0.1, 0.15) is 5.82 Å². The molecule has 0 aromatic heterocycles. The molecule has 74 valence electrons. The van der Waals surface area contributed by atoms with Gasteiger partial charge in [-0.25, -0.2) is 9.38 Å². The lowest BCUT2D eigenvalue weighted by Gasteiger charge is -1.99. The van der Waals surface area contributed by atoms with Crippen LogP contribution in [-0.2, 0) is 0 Å². The van der Waals surface area contributed by atoms with Gasteiger partial charge in [0.05, 0.1) is 5.56 Å². The Hall–Kier alpha value is -1.13. The van der Waals surface area contributed by atoms with E-state index in [1.54, 1.807) is 6.07 Å². The van der Waals surface area contributed by atoms with Crippen LogP contribution in [0.5, 0.6) is 0 Å². The molecule has 0 aliphatic heterocycles. The minimum absolute atomic E-state index is 0.0220. The van der Waals surface area contributed by atoms with E-state index >= 15 is 0 Å². The number of amidine groups is 1. The van der Waals surface area contributed by atoms with Crippen LogP contribution in [0.15, 0.2) is 34.4 Å². The number of aliphatic imine (C=N–C) groups is 1. The fourth-order valence-corrected chi connectivity index (χ4v) is 1.02. The molecule has 0 bridgehead atoms. The van der Waals surface area contributed by atoms with Gasteiger partial charge in [-0.15, -0.1) is 0 Å². The summed E-state index contributed by atoms with van der Waals surface area (Å²) in [5.74, 6) is -0.846. The van der Waals surface area contributed by atoms with Gasteiger partial charge >= 0.3 is 0 Å². The average molecular weight is 235 g/mol. The Morgan fingerprint density at radius 1 is 1.29 bits per heavy atom. The van der Waals surface area contributed by atoms with Crippen molar-refractivity contribution in [2.24, 2.45) is 10.1 Å². The predicted molar refractivity (Wildman–Crippen MR) is 53.9 cm³/mol. The predicted octanol–water partition coefficient (Wildman–Crippen LogP) is 2.80. The largest absolute Gasteiger partial charge is 0.409 e. The third-order valence-electron chi connectivity index (χ3n) is 1.40. The van der Waals surface area contributed by atoms with Crippen molar-refractivity contribution < 1.29 is 9.60 Å². The molecule has 0 fully saturated rings. The zero-order valence-electron chi connectivity index (χ0n) is 6.78. The zero-order valence-corrected chi connectivity index (χ0v) is 8.30. The Bertz CT molecular complexity index is 389. The van der Waals surface area contributed by atoms with Gasteiger partial charge in [-0.3, -0.25) is 0 Å². The highest BCUT2D eigenvalue weighted by Gasteiger charge is 2.08. The lowest BCUT2D eigenvalue weighted by molar-refractivity contribution is 0.318. The fraction of sp³-hybridized carbons (Fsp3) is 0. The van der Waals surface area contributed by atoms with Crippen LogP contribution in [0.25, 0.3) is 0 Å². The Morgan fingerprint density at radius 2 is 1.93 bits per heavy atom. The minimum Gasteiger partial charge on any atom is -0.409 e. The van der Waals surface area contributed by atoms with Gasteiger partial charge in [-0.2, -0.15) is 0 Å². The van der Waals surface area contributed by atoms with E-state index in [1.807, 2.05) is 0 Å². The zero-order chi connectivity index (χ0) is 10.6. The summed E-state index contributed by atoms with van der Waals surface area (Å²) in [6.07, 6.45) is 0. The van der Waals surface area contributed by atoms with Gasteiger partial charge in [-0.1, -0.05) is 17.3 Å². The minimum atomic E-state index is -0.571. The first-order valence-electron chi connectivity index (χ1n) is 3.52. The summed E-state index contributed by atoms with van der Waals surface area (Å²) >= 11 is 10.5. The third-order valence-corrected chi connectivity index (χ3v) is 1.57. The standard InChI is InChI=1S/C8H5Cl2FN2O/c9-8(10)12-7(13-14)5-3-1-2-4-6(5)11/h1-4,14H/b13-7-. The molecular weight excluding hydrogens is 230 g/mol. The van der Waals surface area contributed by atoms with E-state index < -0.39 is 5.82 Å². The van der Waals surface area contributed by atoms with Gasteiger partial charge in [0.25, 0.3) is 0 Å². The number of hydrogen-bond acceptors (Lipinski definition) is 2. The second-order valence-corrected chi connectivity index (χ2v) is 3.17. The monoisotopic (exact) mass is 234 g/mol. The summed E-state index contributed by atoms with van der Waals surface area (Å²) in [5, 5.41) is 11.3. The number of benzene rings is 1. The van der Waals surface area contributed by atoms with Crippen molar-refractivity contribution in [3.8, 4) is 0 Å². The molecule has 0 aliphatic carbocycles. The summed E-state index contributed by atoms with van der Waals surface area (Å²) in [6, 6.07) is 5.67. The van der Waals surface area contributed by atoms with Crippen LogP contribution >= 0.6 is 23.2 Å². The quantitative estimate of drug-likeness (QED) is 0.346. The summed E-state index contributed by atoms with van der Waals surface area (Å²) in [4.78, 5) is 3.43. The number of rotatable bonds is 1. The molecule has 0 heterocycles. The molecular formula is C8H5Cl2FN2O. The Kier molecular flexibility index (Phi) is 3.85. The van der Waals surface area contributed by atoms with Gasteiger partial charge in [-0.05, 0) is 35.3 Å². The summed E-state index contributed by atoms with van der Waals surface area (Å²) in [7, 11) is 0. The molecule has 0 atom stereocenters. The van der Waals surface area contributed by atoms with Crippen LogP contribution in [0.4, 0.5) is 4.39 Å². The normalized spacial score (nSPS) is 11.2. The van der Waals surface area contributed by atoms with Gasteiger partial charge in [0.15, 0.2) is 4.63 Å². The van der Waals surface area contributed by atoms with Crippen LogP contribution in [0, 0.1) is 5.82 Å². The molecule has 1 aromatic rings. The second-order valence-electron chi connectivity index (χ2n) is 2.26. The molecule has 0 unspecified atom stereocenters. The van der Waals surface area contributed by atoms with E-state index in [0.717, 1.165) is 0 Å². The number of halogens is 3. The molecule has 1 aromatic carbocycles. The SMILES string of the molecule is O/N=C(\N=C(Cl)Cl)c1ccccc1F. The first-order valence-corrected chi connectivity index (χ1v) is 4.27. The van der Waals surface area contributed by atoms with E-state index in [1.165, 1.54) is 18.2 Å². The maximum absolute atomic E-state index is 13.1. The van der Waals surface area contributed by atoms with Crippen molar-refractivity contribution >= 4 is 33.7 Å². The molecule has 0 saturated heterocycles. The Labute approximate surface area is 89.5 Å². The van der Waals surface area contributed by atoms with Crippen molar-refractivity contribution in [1.29, 1.82) is 0 Å². The van der Waals surface area contributed by atoms with Crippen LogP contribution in [0.2, 0.25) is 0 Å². The Morgan fingerprint density at radius 3 is 2.43 bits per heavy atom. The van der Waals surface area contributed by atoms with E-state index in [0.29, 0.717) is 0 Å². The fourth-order valence-electron chi connectivity index (χ4n) is 0.859. The van der Waals surface area contributed by atoms with Gasteiger partial charge < -0.3 is 5.21 Å². The Balaban J connectivity index is 3.15. The maximum atomic E-state index is 13.1. The van der Waals surface area contributed by atoms with E-state index in [4.69, 9.17) is 28.4 Å². The average Bonchev–Trinajstić information content (AvgIpc) is 2.15. The highest BCUT2D eigenvalue weighted by Crippen LogP contribution is 2.09. The summed E-state index contributed by atoms with van der Waals surface area (Å²) in [6.45, 7) is 0. The highest BCUT2D eigenvalue weighted by atomic mass is 35.5. The van der Waals surface area contributed by atoms with E-state index in [-0.39, 0.29) is 16.0 Å². The maximum Gasteiger partial charge on any atom is 0.203 e. The lowest BCUT2D eigenvalue weighted by Crippen LogP contribution is -2.01. The van der Waals surface area contributed by atoms with Crippen LogP contribution < -0.4 is 0 Å². The van der Waals surface area contributed by atoms with Crippen LogP contribution in [-0.4, -0.2) is 15.7 Å². The van der Waals surface area contributed by atoms with Crippen molar-refractivity contribution in [2.75, 3.05) is 0 Å². The van der Waals surface area contributed by atoms with Crippen LogP contribution in [0.3, 0.4) is 0 Å². The van der Waals surface area contributed by atoms with Crippen molar-refractivity contribution in [1.82, 2.24) is 0 Å². The van der Waals surface area contributed by atoms with Crippen molar-refractivity contribution in [3.05, 3.63) is 35.6 Å². The first kappa shape index (κ1) is 10.9. The lowest BCUT2D eigenvalue weighted by atomic mass is 10.2. The number of nitrogens with zero attached hydrogens (tertiary/aromatic N) is 2. The van der Waals surface area contributed by atoms with Gasteiger partial charge in [0.2, 0.25) is 5.84 Å². The van der Waals surface area contributed by atoms with Crippen molar-refractivity contribution in [3.63, 3.8) is 0 Å². The number of oxime groups is 1.